The molecule has 0 fully saturated rings. The Morgan fingerprint density at radius 1 is 1.62 bits per heavy atom. The molecule has 0 spiro atoms. The van der Waals surface area contributed by atoms with Crippen LogP contribution in [0.1, 0.15) is 6.42 Å². The van der Waals surface area contributed by atoms with Gasteiger partial charge in [-0.25, -0.2) is 0 Å². The molecule has 0 aliphatic carbocycles. The molecule has 0 bridgehead atoms. The van der Waals surface area contributed by atoms with Gasteiger partial charge in [-0.15, -0.1) is 0 Å². The van der Waals surface area contributed by atoms with Crippen LogP contribution in [-0.2, 0) is 0 Å². The van der Waals surface area contributed by atoms with Crippen LogP contribution in [0.5, 0.6) is 0 Å². The Morgan fingerprint density at radius 3 is 2.88 bits per heavy atom. The molecule has 3 heteroatoms. The van der Waals surface area contributed by atoms with Crippen LogP contribution in [0.2, 0.25) is 0 Å². The third-order valence-electron chi connectivity index (χ3n) is 0.702. The number of hydrogen-bond donors (Lipinski definition) is 2. The molecule has 48 valence electrons. The van der Waals surface area contributed by atoms with Gasteiger partial charge in [0.1, 0.15) is 0 Å². The third kappa shape index (κ3) is 5.59. The van der Waals surface area contributed by atoms with Crippen molar-refractivity contribution < 1.29 is 5.11 Å². The third-order valence-corrected chi connectivity index (χ3v) is 0.702. The monoisotopic (exact) mass is 116 g/mol. The minimum atomic E-state index is 0.0323. The summed E-state index contributed by atoms with van der Waals surface area (Å²) in [6, 6.07) is 0. The normalized spacial score (nSPS) is 10.8. The lowest BCUT2D eigenvalue weighted by Crippen LogP contribution is -2.00. The Kier molecular flexibility index (Phi) is 6.25. The molecule has 3 nitrogen and oxygen atoms in total. The second-order valence-electron chi connectivity index (χ2n) is 1.41. The lowest BCUT2D eigenvalue weighted by atomic mass is 10.4. The Bertz CT molecular complexity index is 63.4. The predicted molar refractivity (Wildman–Crippen MR) is 34.1 cm³/mol. The second-order valence-corrected chi connectivity index (χ2v) is 1.41. The van der Waals surface area contributed by atoms with Gasteiger partial charge in [-0.1, -0.05) is 0 Å². The summed E-state index contributed by atoms with van der Waals surface area (Å²) in [6.07, 6.45) is 2.38. The summed E-state index contributed by atoms with van der Waals surface area (Å²) < 4.78 is 0. The van der Waals surface area contributed by atoms with E-state index in [4.69, 9.17) is 10.8 Å². The second kappa shape index (κ2) is 6.59. The first kappa shape index (κ1) is 7.59. The molecule has 0 aliphatic heterocycles. The van der Waals surface area contributed by atoms with Crippen LogP contribution in [0.25, 0.3) is 0 Å². The van der Waals surface area contributed by atoms with E-state index in [1.165, 1.54) is 6.21 Å². The van der Waals surface area contributed by atoms with Gasteiger partial charge in [-0.05, 0) is 13.0 Å². The lowest BCUT2D eigenvalue weighted by molar-refractivity contribution is 0.361. The highest BCUT2D eigenvalue weighted by molar-refractivity contribution is 5.57. The lowest BCUT2D eigenvalue weighted by Gasteiger charge is -1.86. The van der Waals surface area contributed by atoms with Gasteiger partial charge in [0.05, 0.1) is 6.61 Å². The molecule has 0 heterocycles. The first-order valence-electron chi connectivity index (χ1n) is 2.71. The van der Waals surface area contributed by atoms with Crippen molar-refractivity contribution in [2.75, 3.05) is 19.7 Å². The highest BCUT2D eigenvalue weighted by atomic mass is 16.2. The van der Waals surface area contributed by atoms with Crippen LogP contribution in [0.3, 0.4) is 0 Å². The van der Waals surface area contributed by atoms with Gasteiger partial charge in [-0.2, -0.15) is 0 Å². The van der Waals surface area contributed by atoms with Crippen molar-refractivity contribution in [3.05, 3.63) is 0 Å². The molecule has 0 aromatic rings. The van der Waals surface area contributed by atoms with Gasteiger partial charge in [0, 0.05) is 12.8 Å². The summed E-state index contributed by atoms with van der Waals surface area (Å²) in [5, 5.41) is 8.19. The molecule has 3 N–H and O–H groups in total. The fraction of sp³-hybridized carbons (Fsp3) is 0.800. The molecule has 0 unspecified atom stereocenters. The highest BCUT2D eigenvalue weighted by Crippen LogP contribution is 1.73. The van der Waals surface area contributed by atoms with Crippen molar-refractivity contribution in [1.82, 2.24) is 0 Å². The van der Waals surface area contributed by atoms with Crippen LogP contribution >= 0.6 is 0 Å². The number of nitrogens with zero attached hydrogens (tertiary/aromatic N) is 1. The zero-order valence-corrected chi connectivity index (χ0v) is 4.88. The fourth-order valence-electron chi connectivity index (χ4n) is 0.332. The smallest absolute Gasteiger partial charge is 0.0779 e. The molecule has 0 atom stereocenters. The number of aliphatic imine (C=N–C) groups is 1. The Balaban J connectivity index is 2.80. The van der Waals surface area contributed by atoms with E-state index in [0.29, 0.717) is 6.54 Å². The van der Waals surface area contributed by atoms with E-state index in [2.05, 4.69) is 4.99 Å². The van der Waals surface area contributed by atoms with Gasteiger partial charge in [0.25, 0.3) is 0 Å². The zero-order valence-electron chi connectivity index (χ0n) is 4.88. The summed E-state index contributed by atoms with van der Waals surface area (Å²) in [6.45, 7) is 1.43. The molecule has 0 saturated heterocycles. The molecule has 0 amide bonds. The van der Waals surface area contributed by atoms with Gasteiger partial charge in [0.15, 0.2) is 0 Å². The van der Waals surface area contributed by atoms with Crippen molar-refractivity contribution in [2.24, 2.45) is 10.7 Å². The van der Waals surface area contributed by atoms with Crippen LogP contribution < -0.4 is 5.73 Å². The van der Waals surface area contributed by atoms with Crippen molar-refractivity contribution in [1.29, 1.82) is 0 Å². The standard InChI is InChI=1S/C5H12N2O/c6-2-1-3-7-4-5-8/h4,8H,1-3,5-6H2. The number of rotatable bonds is 4. The minimum Gasteiger partial charge on any atom is -0.391 e. The Labute approximate surface area is 49.2 Å². The van der Waals surface area contributed by atoms with E-state index in [9.17, 15) is 0 Å². The first-order valence-corrected chi connectivity index (χ1v) is 2.71. The van der Waals surface area contributed by atoms with E-state index in [1.54, 1.807) is 0 Å². The first-order chi connectivity index (χ1) is 3.91. The Hall–Kier alpha value is -0.410. The number of aliphatic hydroxyl groups is 1. The predicted octanol–water partition coefficient (Wildman–Crippen LogP) is -0.602. The van der Waals surface area contributed by atoms with Crippen molar-refractivity contribution in [3.63, 3.8) is 0 Å². The summed E-state index contributed by atoms with van der Waals surface area (Å²) in [5.74, 6) is 0. The fourth-order valence-corrected chi connectivity index (χ4v) is 0.332. The van der Waals surface area contributed by atoms with Gasteiger partial charge in [-0.3, -0.25) is 4.99 Å². The van der Waals surface area contributed by atoms with E-state index in [1.807, 2.05) is 0 Å². The van der Waals surface area contributed by atoms with Crippen LogP contribution in [-0.4, -0.2) is 31.0 Å². The van der Waals surface area contributed by atoms with Crippen LogP contribution in [0.15, 0.2) is 4.99 Å². The largest absolute Gasteiger partial charge is 0.391 e. The highest BCUT2D eigenvalue weighted by Gasteiger charge is 1.75. The molecule has 0 aromatic heterocycles. The molecule has 0 aromatic carbocycles. The maximum Gasteiger partial charge on any atom is 0.0779 e. The molecule has 0 saturated carbocycles. The van der Waals surface area contributed by atoms with E-state index >= 15 is 0 Å². The minimum absolute atomic E-state index is 0.0323. The van der Waals surface area contributed by atoms with Crippen molar-refractivity contribution in [2.45, 2.75) is 6.42 Å². The van der Waals surface area contributed by atoms with E-state index < -0.39 is 0 Å². The maximum atomic E-state index is 8.19. The van der Waals surface area contributed by atoms with Crippen LogP contribution in [0.4, 0.5) is 0 Å². The van der Waals surface area contributed by atoms with Crippen molar-refractivity contribution >= 4 is 6.21 Å². The van der Waals surface area contributed by atoms with Gasteiger partial charge < -0.3 is 10.8 Å². The maximum absolute atomic E-state index is 8.19. The quantitative estimate of drug-likeness (QED) is 0.380. The number of nitrogens with two attached hydrogens (primary N) is 1. The average Bonchev–Trinajstić information content (AvgIpc) is 1.81. The summed E-state index contributed by atoms with van der Waals surface area (Å²) >= 11 is 0. The zero-order chi connectivity index (χ0) is 6.24. The molecular formula is C5H12N2O. The molecule has 0 aliphatic rings. The van der Waals surface area contributed by atoms with E-state index in [0.717, 1.165) is 13.0 Å². The van der Waals surface area contributed by atoms with Crippen molar-refractivity contribution in [3.8, 4) is 0 Å². The number of hydrogen-bond acceptors (Lipinski definition) is 3. The molecule has 8 heavy (non-hydrogen) atoms. The molecule has 0 radical (unpaired) electrons. The topological polar surface area (TPSA) is 58.6 Å². The van der Waals surface area contributed by atoms with Gasteiger partial charge in [0.2, 0.25) is 0 Å². The average molecular weight is 116 g/mol. The summed E-state index contributed by atoms with van der Waals surface area (Å²) in [5.41, 5.74) is 5.17. The molecular weight excluding hydrogens is 104 g/mol. The van der Waals surface area contributed by atoms with E-state index in [-0.39, 0.29) is 6.61 Å². The molecule has 0 rings (SSSR count). The SMILES string of the molecule is NCCCN=CCO. The van der Waals surface area contributed by atoms with Crippen LogP contribution in [0, 0.1) is 0 Å². The Morgan fingerprint density at radius 2 is 2.38 bits per heavy atom. The van der Waals surface area contributed by atoms with Gasteiger partial charge >= 0.3 is 0 Å². The summed E-state index contributed by atoms with van der Waals surface area (Å²) in [4.78, 5) is 3.82. The summed E-state index contributed by atoms with van der Waals surface area (Å²) in [7, 11) is 0. The number of aliphatic hydroxyl groups excluding tert-OH is 1.